The third-order valence-corrected chi connectivity index (χ3v) is 4.07. The minimum Gasteiger partial charge on any atom is -0.493 e. The predicted octanol–water partition coefficient (Wildman–Crippen LogP) is 4.37. The Morgan fingerprint density at radius 1 is 0.875 bits per heavy atom. The van der Waals surface area contributed by atoms with E-state index < -0.39 is 0 Å². The maximum Gasteiger partial charge on any atom is 0.203 e. The standard InChI is InChI=1S/C20H21NO3/c1-21-13-15(16-7-5-6-8-17(16)21)10-9-14-11-18(22-2)20(24-4)19(12-14)23-3/h5-13H,1-4H3/b10-9+. The van der Waals surface area contributed by atoms with Crippen molar-refractivity contribution in [2.75, 3.05) is 21.3 Å². The van der Waals surface area contributed by atoms with Crippen molar-refractivity contribution in [3.05, 3.63) is 53.7 Å². The van der Waals surface area contributed by atoms with E-state index in [9.17, 15) is 0 Å². The molecule has 0 N–H and O–H groups in total. The Kier molecular flexibility index (Phi) is 4.47. The molecule has 0 aliphatic carbocycles. The van der Waals surface area contributed by atoms with Gasteiger partial charge in [-0.2, -0.15) is 0 Å². The number of methoxy groups -OCH3 is 3. The van der Waals surface area contributed by atoms with Gasteiger partial charge >= 0.3 is 0 Å². The summed E-state index contributed by atoms with van der Waals surface area (Å²) < 4.78 is 18.3. The van der Waals surface area contributed by atoms with Crippen LogP contribution in [0.3, 0.4) is 0 Å². The monoisotopic (exact) mass is 323 g/mol. The van der Waals surface area contributed by atoms with Crippen molar-refractivity contribution in [3.8, 4) is 17.2 Å². The fourth-order valence-corrected chi connectivity index (χ4v) is 2.89. The first-order valence-electron chi connectivity index (χ1n) is 7.70. The van der Waals surface area contributed by atoms with E-state index in [0.717, 1.165) is 5.56 Å². The summed E-state index contributed by atoms with van der Waals surface area (Å²) in [5.41, 5.74) is 3.36. The Morgan fingerprint density at radius 2 is 1.54 bits per heavy atom. The van der Waals surface area contributed by atoms with Crippen molar-refractivity contribution >= 4 is 23.1 Å². The van der Waals surface area contributed by atoms with Crippen LogP contribution in [0.5, 0.6) is 17.2 Å². The van der Waals surface area contributed by atoms with E-state index in [2.05, 4.69) is 48.2 Å². The molecule has 0 amide bonds. The molecule has 2 aromatic carbocycles. The van der Waals surface area contributed by atoms with Crippen LogP contribution in [-0.4, -0.2) is 25.9 Å². The Labute approximate surface area is 141 Å². The predicted molar refractivity (Wildman–Crippen MR) is 97.9 cm³/mol. The molecule has 0 spiro atoms. The van der Waals surface area contributed by atoms with Gasteiger partial charge in [-0.05, 0) is 29.3 Å². The first kappa shape index (κ1) is 16.0. The molecule has 0 aliphatic heterocycles. The van der Waals surface area contributed by atoms with E-state index >= 15 is 0 Å². The Hall–Kier alpha value is -2.88. The number of hydrogen-bond donors (Lipinski definition) is 0. The van der Waals surface area contributed by atoms with E-state index in [1.165, 1.54) is 16.5 Å². The second-order valence-corrected chi connectivity index (χ2v) is 5.50. The highest BCUT2D eigenvalue weighted by Crippen LogP contribution is 2.38. The van der Waals surface area contributed by atoms with Crippen LogP contribution < -0.4 is 14.2 Å². The molecule has 0 radical (unpaired) electrons. The quantitative estimate of drug-likeness (QED) is 0.699. The highest BCUT2D eigenvalue weighted by Gasteiger charge is 2.12. The summed E-state index contributed by atoms with van der Waals surface area (Å²) in [6, 6.07) is 12.2. The van der Waals surface area contributed by atoms with Crippen LogP contribution in [0, 0.1) is 0 Å². The van der Waals surface area contributed by atoms with Crippen molar-refractivity contribution in [3.63, 3.8) is 0 Å². The maximum atomic E-state index is 5.40. The zero-order valence-electron chi connectivity index (χ0n) is 14.4. The van der Waals surface area contributed by atoms with Gasteiger partial charge in [0.2, 0.25) is 5.75 Å². The fraction of sp³-hybridized carbons (Fsp3) is 0.200. The van der Waals surface area contributed by atoms with Crippen molar-refractivity contribution < 1.29 is 14.2 Å². The van der Waals surface area contributed by atoms with Crippen molar-refractivity contribution in [2.24, 2.45) is 7.05 Å². The van der Waals surface area contributed by atoms with Gasteiger partial charge in [0.15, 0.2) is 11.5 Å². The third kappa shape index (κ3) is 2.83. The first-order valence-corrected chi connectivity index (χ1v) is 7.70. The molecule has 24 heavy (non-hydrogen) atoms. The molecule has 1 heterocycles. The van der Waals surface area contributed by atoms with Gasteiger partial charge in [0.1, 0.15) is 0 Å². The van der Waals surface area contributed by atoms with Crippen LogP contribution in [0.1, 0.15) is 11.1 Å². The van der Waals surface area contributed by atoms with Gasteiger partial charge in [-0.15, -0.1) is 0 Å². The van der Waals surface area contributed by atoms with Crippen LogP contribution in [0.2, 0.25) is 0 Å². The molecule has 4 heteroatoms. The van der Waals surface area contributed by atoms with Gasteiger partial charge in [-0.3, -0.25) is 0 Å². The number of hydrogen-bond acceptors (Lipinski definition) is 3. The molecule has 0 bridgehead atoms. The molecular formula is C20H21NO3. The molecule has 0 saturated carbocycles. The van der Waals surface area contributed by atoms with Gasteiger partial charge in [0.05, 0.1) is 21.3 Å². The number of ether oxygens (including phenoxy) is 3. The lowest BCUT2D eigenvalue weighted by atomic mass is 10.1. The first-order chi connectivity index (χ1) is 11.7. The lowest BCUT2D eigenvalue weighted by Crippen LogP contribution is -1.95. The molecule has 0 atom stereocenters. The SMILES string of the molecule is COc1cc(/C=C/c2cn(C)c3ccccc23)cc(OC)c1OC. The molecule has 0 fully saturated rings. The molecule has 0 aliphatic rings. The molecule has 3 aromatic rings. The summed E-state index contributed by atoms with van der Waals surface area (Å²) in [4.78, 5) is 0. The van der Waals surface area contributed by atoms with E-state index in [0.29, 0.717) is 17.2 Å². The van der Waals surface area contributed by atoms with Gasteiger partial charge in [0, 0.05) is 24.1 Å². The zero-order valence-corrected chi connectivity index (χ0v) is 14.4. The topological polar surface area (TPSA) is 32.6 Å². The average molecular weight is 323 g/mol. The van der Waals surface area contributed by atoms with Crippen LogP contribution in [-0.2, 0) is 7.05 Å². The van der Waals surface area contributed by atoms with Gasteiger partial charge in [0.25, 0.3) is 0 Å². The summed E-state index contributed by atoms with van der Waals surface area (Å²) in [6.07, 6.45) is 6.27. The Balaban J connectivity index is 2.02. The Bertz CT molecular complexity index is 868. The van der Waals surface area contributed by atoms with Gasteiger partial charge in [-0.1, -0.05) is 30.4 Å². The third-order valence-electron chi connectivity index (χ3n) is 4.07. The van der Waals surface area contributed by atoms with Crippen LogP contribution in [0.4, 0.5) is 0 Å². The number of benzene rings is 2. The highest BCUT2D eigenvalue weighted by molar-refractivity contribution is 5.92. The second-order valence-electron chi connectivity index (χ2n) is 5.50. The summed E-state index contributed by atoms with van der Waals surface area (Å²) in [5.74, 6) is 1.89. The lowest BCUT2D eigenvalue weighted by Gasteiger charge is -2.12. The normalized spacial score (nSPS) is 11.2. The van der Waals surface area contributed by atoms with Crippen molar-refractivity contribution in [1.82, 2.24) is 4.57 Å². The van der Waals surface area contributed by atoms with Crippen molar-refractivity contribution in [1.29, 1.82) is 0 Å². The number of para-hydroxylation sites is 1. The number of nitrogens with zero attached hydrogens (tertiary/aromatic N) is 1. The molecule has 1 aromatic heterocycles. The summed E-state index contributed by atoms with van der Waals surface area (Å²) >= 11 is 0. The van der Waals surface area contributed by atoms with E-state index in [1.54, 1.807) is 21.3 Å². The second kappa shape index (κ2) is 6.71. The van der Waals surface area contributed by atoms with Gasteiger partial charge < -0.3 is 18.8 Å². The van der Waals surface area contributed by atoms with Gasteiger partial charge in [-0.25, -0.2) is 0 Å². The molecule has 124 valence electrons. The summed E-state index contributed by atoms with van der Waals surface area (Å²) in [6.45, 7) is 0. The van der Waals surface area contributed by atoms with Crippen LogP contribution >= 0.6 is 0 Å². The molecule has 3 rings (SSSR count). The average Bonchev–Trinajstić information content (AvgIpc) is 2.95. The fourth-order valence-electron chi connectivity index (χ4n) is 2.89. The minimum atomic E-state index is 0.599. The van der Waals surface area contributed by atoms with Crippen molar-refractivity contribution in [2.45, 2.75) is 0 Å². The van der Waals surface area contributed by atoms with E-state index in [-0.39, 0.29) is 0 Å². The van der Waals surface area contributed by atoms with E-state index in [1.807, 2.05) is 18.2 Å². The summed E-state index contributed by atoms with van der Waals surface area (Å²) in [5, 5.41) is 1.23. The minimum absolute atomic E-state index is 0.599. The van der Waals surface area contributed by atoms with Crippen LogP contribution in [0.25, 0.3) is 23.1 Å². The Morgan fingerprint density at radius 3 is 2.17 bits per heavy atom. The molecule has 0 saturated heterocycles. The van der Waals surface area contributed by atoms with E-state index in [4.69, 9.17) is 14.2 Å². The zero-order chi connectivity index (χ0) is 17.1. The molecule has 4 nitrogen and oxygen atoms in total. The maximum absolute atomic E-state index is 5.40. The van der Waals surface area contributed by atoms with Crippen LogP contribution in [0.15, 0.2) is 42.6 Å². The molecule has 0 unspecified atom stereocenters. The lowest BCUT2D eigenvalue weighted by molar-refractivity contribution is 0.324. The highest BCUT2D eigenvalue weighted by atomic mass is 16.5. The smallest absolute Gasteiger partial charge is 0.203 e. The summed E-state index contributed by atoms with van der Waals surface area (Å²) in [7, 11) is 6.90. The number of aromatic nitrogens is 1. The number of fused-ring (bicyclic) bond motifs is 1. The number of aryl methyl sites for hydroxylation is 1. The molecular weight excluding hydrogens is 302 g/mol. The number of rotatable bonds is 5. The largest absolute Gasteiger partial charge is 0.493 e.